The Hall–Kier alpha value is -3.39. The van der Waals surface area contributed by atoms with Gasteiger partial charge in [0.15, 0.2) is 0 Å². The van der Waals surface area contributed by atoms with E-state index in [4.69, 9.17) is 21.6 Å². The topological polar surface area (TPSA) is 43.6 Å². The lowest BCUT2D eigenvalue weighted by Crippen LogP contribution is -1.96. The van der Waals surface area contributed by atoms with Gasteiger partial charge in [0.25, 0.3) is 0 Å². The second-order valence-electron chi connectivity index (χ2n) is 7.71. The molecule has 0 N–H and O–H groups in total. The molecule has 8 heteroatoms. The Kier molecular flexibility index (Phi) is 5.25. The summed E-state index contributed by atoms with van der Waals surface area (Å²) in [6, 6.07) is 22.3. The third-order valence-corrected chi connectivity index (χ3v) is 7.96. The maximum absolute atomic E-state index is 13.4. The van der Waals surface area contributed by atoms with E-state index in [-0.39, 0.29) is 5.82 Å². The fourth-order valence-corrected chi connectivity index (χ4v) is 6.12. The van der Waals surface area contributed by atoms with Crippen LogP contribution in [-0.2, 0) is 0 Å². The largest absolute Gasteiger partial charge is 0.236 e. The van der Waals surface area contributed by atoms with Crippen molar-refractivity contribution in [2.45, 2.75) is 6.92 Å². The van der Waals surface area contributed by atoms with Gasteiger partial charge in [-0.05, 0) is 61.5 Å². The molecule has 0 radical (unpaired) electrons. The molecule has 3 aromatic carbocycles. The van der Waals surface area contributed by atoms with Gasteiger partial charge in [-0.25, -0.2) is 19.0 Å². The molecule has 0 fully saturated rings. The first kappa shape index (κ1) is 21.2. The van der Waals surface area contributed by atoms with Crippen LogP contribution in [0.4, 0.5) is 4.39 Å². The number of aromatic nitrogens is 4. The zero-order valence-corrected chi connectivity index (χ0v) is 20.3. The average molecular weight is 503 g/mol. The zero-order chi connectivity index (χ0) is 23.2. The highest BCUT2D eigenvalue weighted by atomic mass is 35.5. The predicted octanol–water partition coefficient (Wildman–Crippen LogP) is 7.78. The molecule has 0 atom stereocenters. The zero-order valence-electron chi connectivity index (χ0n) is 17.9. The van der Waals surface area contributed by atoms with Crippen LogP contribution in [0, 0.1) is 12.7 Å². The van der Waals surface area contributed by atoms with Gasteiger partial charge in [0.1, 0.15) is 21.0 Å². The Morgan fingerprint density at radius 3 is 1.97 bits per heavy atom. The van der Waals surface area contributed by atoms with Crippen LogP contribution >= 0.6 is 34.3 Å². The fraction of sp³-hybridized carbons (Fsp3) is 0.0385. The minimum atomic E-state index is -0.308. The average Bonchev–Trinajstić information content (AvgIpc) is 3.54. The first-order valence-corrected chi connectivity index (χ1v) is 12.5. The van der Waals surface area contributed by atoms with Crippen molar-refractivity contribution < 1.29 is 4.39 Å². The minimum absolute atomic E-state index is 0.308. The molecule has 0 spiro atoms. The Balaban J connectivity index is 1.56. The van der Waals surface area contributed by atoms with Crippen LogP contribution in [0.15, 0.2) is 72.8 Å². The molecule has 0 aliphatic rings. The van der Waals surface area contributed by atoms with Crippen LogP contribution in [0.3, 0.4) is 0 Å². The molecular formula is C26H16ClFN4S2. The summed E-state index contributed by atoms with van der Waals surface area (Å²) >= 11 is 10.1. The molecular weight excluding hydrogens is 487 g/mol. The lowest BCUT2D eigenvalue weighted by atomic mass is 10.1. The molecule has 166 valence electrons. The first-order chi connectivity index (χ1) is 16.6. The molecule has 4 nitrogen and oxygen atoms in total. The number of benzene rings is 3. The van der Waals surface area contributed by atoms with Crippen LogP contribution in [0.25, 0.3) is 37.8 Å². The normalized spacial score (nSPS) is 11.4. The van der Waals surface area contributed by atoms with E-state index in [0.717, 1.165) is 47.3 Å². The van der Waals surface area contributed by atoms with Gasteiger partial charge in [0, 0.05) is 11.1 Å². The first-order valence-electron chi connectivity index (χ1n) is 10.5. The Labute approximate surface area is 207 Å². The fourth-order valence-electron chi connectivity index (χ4n) is 3.76. The quantitative estimate of drug-likeness (QED) is 0.247. The van der Waals surface area contributed by atoms with Gasteiger partial charge in [-0.1, -0.05) is 35.9 Å². The number of rotatable bonds is 4. The number of fused-ring (bicyclic) bond motifs is 2. The molecule has 3 aromatic heterocycles. The maximum atomic E-state index is 13.4. The van der Waals surface area contributed by atoms with Gasteiger partial charge in [-0.3, -0.25) is 0 Å². The SMILES string of the molecule is Cc1nn(-c2ccc(F)cc2)c(Cl)c1C=C(c1nc2ccccc2s1)c1nc2ccccc2s1. The molecule has 34 heavy (non-hydrogen) atoms. The summed E-state index contributed by atoms with van der Waals surface area (Å²) in [6.45, 7) is 1.91. The van der Waals surface area contributed by atoms with Crippen LogP contribution < -0.4 is 0 Å². The monoisotopic (exact) mass is 502 g/mol. The van der Waals surface area contributed by atoms with E-state index in [1.807, 2.05) is 49.4 Å². The van der Waals surface area contributed by atoms with E-state index in [1.54, 1.807) is 39.5 Å². The summed E-state index contributed by atoms with van der Waals surface area (Å²) in [5, 5.41) is 6.80. The molecule has 0 aliphatic carbocycles. The van der Waals surface area contributed by atoms with E-state index in [0.29, 0.717) is 10.8 Å². The van der Waals surface area contributed by atoms with Gasteiger partial charge in [-0.15, -0.1) is 22.7 Å². The summed E-state index contributed by atoms with van der Waals surface area (Å²) in [5.41, 5.74) is 5.01. The number of halogens is 2. The standard InChI is InChI=1S/C26H16ClFN4S2/c1-15-18(24(27)32(31-15)17-12-10-16(28)11-13-17)14-19(25-29-20-6-2-4-8-22(20)33-25)26-30-21-7-3-5-9-23(21)34-26/h2-14H,1H3. The molecule has 6 aromatic rings. The molecule has 0 bridgehead atoms. The Morgan fingerprint density at radius 1 is 0.853 bits per heavy atom. The molecule has 0 aliphatic heterocycles. The molecule has 0 unspecified atom stereocenters. The number of thiazole rings is 2. The van der Waals surface area contributed by atoms with Crippen molar-refractivity contribution in [3.63, 3.8) is 0 Å². The van der Waals surface area contributed by atoms with Crippen LogP contribution in [0.5, 0.6) is 0 Å². The highest BCUT2D eigenvalue weighted by Gasteiger charge is 2.20. The third-order valence-electron chi connectivity index (χ3n) is 5.46. The molecule has 0 saturated carbocycles. The minimum Gasteiger partial charge on any atom is -0.236 e. The van der Waals surface area contributed by atoms with E-state index in [1.165, 1.54) is 12.1 Å². The summed E-state index contributed by atoms with van der Waals surface area (Å²) in [7, 11) is 0. The number of hydrogen-bond donors (Lipinski definition) is 0. The maximum Gasteiger partial charge on any atom is 0.140 e. The van der Waals surface area contributed by atoms with Gasteiger partial charge in [0.05, 0.1) is 31.8 Å². The summed E-state index contributed by atoms with van der Waals surface area (Å²) in [4.78, 5) is 9.79. The second-order valence-corrected chi connectivity index (χ2v) is 10.1. The van der Waals surface area contributed by atoms with Crippen molar-refractivity contribution in [3.8, 4) is 5.69 Å². The van der Waals surface area contributed by atoms with E-state index in [9.17, 15) is 4.39 Å². The van der Waals surface area contributed by atoms with Crippen LogP contribution in [-0.4, -0.2) is 19.7 Å². The van der Waals surface area contributed by atoms with Gasteiger partial charge in [0.2, 0.25) is 0 Å². The predicted molar refractivity (Wildman–Crippen MR) is 139 cm³/mol. The number of hydrogen-bond acceptors (Lipinski definition) is 5. The van der Waals surface area contributed by atoms with Crippen molar-refractivity contribution >= 4 is 66.4 Å². The Morgan fingerprint density at radius 2 is 1.41 bits per heavy atom. The molecule has 0 amide bonds. The summed E-state index contributed by atoms with van der Waals surface area (Å²) < 4.78 is 17.3. The van der Waals surface area contributed by atoms with Crippen molar-refractivity contribution in [1.82, 2.24) is 19.7 Å². The van der Waals surface area contributed by atoms with Crippen molar-refractivity contribution in [3.05, 3.63) is 105 Å². The van der Waals surface area contributed by atoms with Crippen molar-refractivity contribution in [1.29, 1.82) is 0 Å². The van der Waals surface area contributed by atoms with Crippen molar-refractivity contribution in [2.24, 2.45) is 0 Å². The summed E-state index contributed by atoms with van der Waals surface area (Å²) in [6.07, 6.45) is 2.01. The van der Waals surface area contributed by atoms with Crippen LogP contribution in [0.1, 0.15) is 21.3 Å². The van der Waals surface area contributed by atoms with Crippen LogP contribution in [0.2, 0.25) is 5.15 Å². The van der Waals surface area contributed by atoms with E-state index >= 15 is 0 Å². The highest BCUT2D eigenvalue weighted by Crippen LogP contribution is 2.38. The second kappa shape index (κ2) is 8.43. The third kappa shape index (κ3) is 3.72. The molecule has 3 heterocycles. The number of aryl methyl sites for hydroxylation is 1. The van der Waals surface area contributed by atoms with Gasteiger partial charge < -0.3 is 0 Å². The molecule has 0 saturated heterocycles. The Bertz CT molecular complexity index is 1550. The van der Waals surface area contributed by atoms with E-state index < -0.39 is 0 Å². The summed E-state index contributed by atoms with van der Waals surface area (Å²) in [5.74, 6) is -0.308. The lowest BCUT2D eigenvalue weighted by molar-refractivity contribution is 0.627. The van der Waals surface area contributed by atoms with Gasteiger partial charge >= 0.3 is 0 Å². The highest BCUT2D eigenvalue weighted by molar-refractivity contribution is 7.22. The number of para-hydroxylation sites is 2. The smallest absolute Gasteiger partial charge is 0.140 e. The van der Waals surface area contributed by atoms with Crippen molar-refractivity contribution in [2.75, 3.05) is 0 Å². The lowest BCUT2D eigenvalue weighted by Gasteiger charge is -2.03. The number of nitrogens with zero attached hydrogens (tertiary/aromatic N) is 4. The molecule has 6 rings (SSSR count). The van der Waals surface area contributed by atoms with Gasteiger partial charge in [-0.2, -0.15) is 5.10 Å². The van der Waals surface area contributed by atoms with E-state index in [2.05, 4.69) is 17.2 Å².